The van der Waals surface area contributed by atoms with E-state index in [9.17, 15) is 19.8 Å². The van der Waals surface area contributed by atoms with Gasteiger partial charge in [-0.25, -0.2) is 0 Å². The molecule has 1 amide bonds. The third kappa shape index (κ3) is 4.57. The Balaban J connectivity index is 1.83. The fourth-order valence-electron chi connectivity index (χ4n) is 3.88. The average molecular weight is 444 g/mol. The van der Waals surface area contributed by atoms with Crippen LogP contribution in [0.15, 0.2) is 78.6 Å². The number of Topliss-reactive ketones (excluding diaryl/α,β-unsaturated/α-hetero) is 1. The molecule has 1 aromatic heterocycles. The van der Waals surface area contributed by atoms with E-state index >= 15 is 0 Å². The molecular weight excluding hydrogens is 420 g/mol. The first-order chi connectivity index (χ1) is 16.0. The number of aliphatic hydroxyl groups is 1. The van der Waals surface area contributed by atoms with Gasteiger partial charge in [0.05, 0.1) is 18.2 Å². The lowest BCUT2D eigenvalue weighted by molar-refractivity contribution is -0.140. The van der Waals surface area contributed by atoms with Crippen LogP contribution in [0.4, 0.5) is 0 Å². The van der Waals surface area contributed by atoms with E-state index in [0.717, 1.165) is 12.0 Å². The smallest absolute Gasteiger partial charge is 0.295 e. The van der Waals surface area contributed by atoms with Crippen molar-refractivity contribution in [3.8, 4) is 11.5 Å². The van der Waals surface area contributed by atoms with Gasteiger partial charge in [-0.1, -0.05) is 37.3 Å². The van der Waals surface area contributed by atoms with Gasteiger partial charge in [0.15, 0.2) is 0 Å². The second kappa shape index (κ2) is 9.56. The maximum atomic E-state index is 13.1. The molecule has 0 bridgehead atoms. The lowest BCUT2D eigenvalue weighted by Gasteiger charge is -2.25. The number of aliphatic hydroxyl groups excluding tert-OH is 1. The molecule has 2 heterocycles. The zero-order chi connectivity index (χ0) is 23.4. The predicted octanol–water partition coefficient (Wildman–Crippen LogP) is 4.20. The van der Waals surface area contributed by atoms with E-state index in [-0.39, 0.29) is 23.6 Å². The van der Waals surface area contributed by atoms with E-state index in [2.05, 4.69) is 4.98 Å². The number of amides is 1. The number of hydrogen-bond acceptors (Lipinski definition) is 6. The van der Waals surface area contributed by atoms with Crippen LogP contribution in [-0.4, -0.2) is 38.4 Å². The Kier molecular flexibility index (Phi) is 6.40. The molecule has 3 aromatic rings. The summed E-state index contributed by atoms with van der Waals surface area (Å²) >= 11 is 0. The Hall–Kier alpha value is -4.13. The molecule has 0 aliphatic carbocycles. The molecule has 0 radical (unpaired) electrons. The predicted molar refractivity (Wildman–Crippen MR) is 122 cm³/mol. The van der Waals surface area contributed by atoms with Crippen molar-refractivity contribution in [3.05, 3.63) is 95.3 Å². The standard InChI is InChI=1S/C26H24N2O5/c1-2-12-33-21-10-4-8-19(14-21)24(30)22-23(18-7-3-9-20(29)13-18)28(26(32)25(22)31)16-17-6-5-11-27-15-17/h3-11,13-15,23,29-30H,2,12,16H2,1H3. The zero-order valence-corrected chi connectivity index (χ0v) is 18.1. The number of ketones is 1. The summed E-state index contributed by atoms with van der Waals surface area (Å²) in [6.45, 7) is 2.63. The molecule has 7 heteroatoms. The third-order valence-corrected chi connectivity index (χ3v) is 5.38. The number of aromatic hydroxyl groups is 1. The molecule has 33 heavy (non-hydrogen) atoms. The summed E-state index contributed by atoms with van der Waals surface area (Å²) in [5.74, 6) is -1.26. The van der Waals surface area contributed by atoms with E-state index in [1.165, 1.54) is 17.0 Å². The highest BCUT2D eigenvalue weighted by Crippen LogP contribution is 2.41. The average Bonchev–Trinajstić information content (AvgIpc) is 3.08. The zero-order valence-electron chi connectivity index (χ0n) is 18.1. The van der Waals surface area contributed by atoms with Crippen LogP contribution >= 0.6 is 0 Å². The van der Waals surface area contributed by atoms with Crippen LogP contribution in [0, 0.1) is 0 Å². The SMILES string of the molecule is CCCOc1cccc(C(O)=C2C(=O)C(=O)N(Cc3cccnc3)C2c2cccc(O)c2)c1. The fraction of sp³-hybridized carbons (Fsp3) is 0.192. The second-order valence-electron chi connectivity index (χ2n) is 7.76. The summed E-state index contributed by atoms with van der Waals surface area (Å²) < 4.78 is 5.65. The van der Waals surface area contributed by atoms with Crippen LogP contribution in [0.3, 0.4) is 0 Å². The van der Waals surface area contributed by atoms with Gasteiger partial charge in [0.2, 0.25) is 0 Å². The van der Waals surface area contributed by atoms with Crippen molar-refractivity contribution in [1.82, 2.24) is 9.88 Å². The molecule has 1 fully saturated rings. The quantitative estimate of drug-likeness (QED) is 0.322. The number of carbonyl (C=O) groups is 2. The molecular formula is C26H24N2O5. The van der Waals surface area contributed by atoms with Crippen molar-refractivity contribution in [2.45, 2.75) is 25.9 Å². The highest BCUT2D eigenvalue weighted by atomic mass is 16.5. The number of rotatable bonds is 7. The first-order valence-corrected chi connectivity index (χ1v) is 10.7. The van der Waals surface area contributed by atoms with Crippen LogP contribution < -0.4 is 4.74 Å². The maximum absolute atomic E-state index is 13.1. The summed E-state index contributed by atoms with van der Waals surface area (Å²) in [5, 5.41) is 21.2. The largest absolute Gasteiger partial charge is 0.508 e. The number of likely N-dealkylation sites (tertiary alicyclic amines) is 1. The summed E-state index contributed by atoms with van der Waals surface area (Å²) in [6.07, 6.45) is 4.07. The molecule has 1 atom stereocenters. The van der Waals surface area contributed by atoms with Crippen molar-refractivity contribution in [1.29, 1.82) is 0 Å². The molecule has 7 nitrogen and oxygen atoms in total. The van der Waals surface area contributed by atoms with Crippen molar-refractivity contribution in [3.63, 3.8) is 0 Å². The molecule has 2 N–H and O–H groups in total. The van der Waals surface area contributed by atoms with Gasteiger partial charge in [-0.3, -0.25) is 14.6 Å². The molecule has 4 rings (SSSR count). The molecule has 0 spiro atoms. The van der Waals surface area contributed by atoms with Gasteiger partial charge in [0.1, 0.15) is 17.3 Å². The van der Waals surface area contributed by atoms with Crippen molar-refractivity contribution < 1.29 is 24.5 Å². The summed E-state index contributed by atoms with van der Waals surface area (Å²) in [6, 6.07) is 15.8. The van der Waals surface area contributed by atoms with E-state index in [0.29, 0.717) is 23.5 Å². The van der Waals surface area contributed by atoms with Crippen molar-refractivity contribution >= 4 is 17.4 Å². The van der Waals surface area contributed by atoms with E-state index in [1.54, 1.807) is 60.9 Å². The minimum atomic E-state index is -0.877. The molecule has 1 unspecified atom stereocenters. The Morgan fingerprint density at radius 2 is 1.91 bits per heavy atom. The van der Waals surface area contributed by atoms with Gasteiger partial charge in [-0.05, 0) is 47.9 Å². The van der Waals surface area contributed by atoms with E-state index in [4.69, 9.17) is 4.74 Å². The Bertz CT molecular complexity index is 1210. The normalized spacial score (nSPS) is 17.4. The summed E-state index contributed by atoms with van der Waals surface area (Å²) in [4.78, 5) is 31.7. The van der Waals surface area contributed by atoms with Gasteiger partial charge in [0, 0.05) is 24.5 Å². The molecule has 1 aliphatic rings. The monoisotopic (exact) mass is 444 g/mol. The number of nitrogens with zero attached hydrogens (tertiary/aromatic N) is 2. The lowest BCUT2D eigenvalue weighted by Crippen LogP contribution is -2.29. The number of benzene rings is 2. The first kappa shape index (κ1) is 22.1. The van der Waals surface area contributed by atoms with Crippen molar-refractivity contribution in [2.24, 2.45) is 0 Å². The van der Waals surface area contributed by atoms with E-state index < -0.39 is 17.7 Å². The summed E-state index contributed by atoms with van der Waals surface area (Å²) in [5.41, 5.74) is 1.58. The number of carbonyl (C=O) groups excluding carboxylic acids is 2. The second-order valence-corrected chi connectivity index (χ2v) is 7.76. The molecule has 0 saturated carbocycles. The van der Waals surface area contributed by atoms with E-state index in [1.807, 2.05) is 6.92 Å². The third-order valence-electron chi connectivity index (χ3n) is 5.38. The minimum Gasteiger partial charge on any atom is -0.508 e. The Labute approximate surface area is 191 Å². The van der Waals surface area contributed by atoms with Crippen LogP contribution in [0.25, 0.3) is 5.76 Å². The molecule has 1 saturated heterocycles. The topological polar surface area (TPSA) is 100.0 Å². The van der Waals surface area contributed by atoms with Crippen molar-refractivity contribution in [2.75, 3.05) is 6.61 Å². The van der Waals surface area contributed by atoms with Crippen LogP contribution in [-0.2, 0) is 16.1 Å². The van der Waals surface area contributed by atoms with Gasteiger partial charge in [-0.2, -0.15) is 0 Å². The highest BCUT2D eigenvalue weighted by molar-refractivity contribution is 6.46. The highest BCUT2D eigenvalue weighted by Gasteiger charge is 2.46. The number of phenolic OH excluding ortho intramolecular Hbond substituents is 1. The van der Waals surface area contributed by atoms with Gasteiger partial charge in [-0.15, -0.1) is 0 Å². The molecule has 168 valence electrons. The number of ether oxygens (including phenoxy) is 1. The number of aromatic nitrogens is 1. The Morgan fingerprint density at radius 3 is 2.64 bits per heavy atom. The van der Waals surface area contributed by atoms with Crippen LogP contribution in [0.1, 0.15) is 36.1 Å². The summed E-state index contributed by atoms with van der Waals surface area (Å²) in [7, 11) is 0. The maximum Gasteiger partial charge on any atom is 0.295 e. The Morgan fingerprint density at radius 1 is 1.09 bits per heavy atom. The molecule has 1 aliphatic heterocycles. The number of hydrogen-bond donors (Lipinski definition) is 2. The fourth-order valence-corrected chi connectivity index (χ4v) is 3.88. The lowest BCUT2D eigenvalue weighted by atomic mass is 9.95. The van der Waals surface area contributed by atoms with Gasteiger partial charge in [0.25, 0.3) is 11.7 Å². The molecule has 2 aromatic carbocycles. The first-order valence-electron chi connectivity index (χ1n) is 10.7. The van der Waals surface area contributed by atoms with Gasteiger partial charge < -0.3 is 19.8 Å². The number of phenols is 1. The minimum absolute atomic E-state index is 0.00516. The van der Waals surface area contributed by atoms with Gasteiger partial charge >= 0.3 is 0 Å². The number of pyridine rings is 1. The van der Waals surface area contributed by atoms with Crippen LogP contribution in [0.5, 0.6) is 11.5 Å². The van der Waals surface area contributed by atoms with Crippen LogP contribution in [0.2, 0.25) is 0 Å².